The molecule has 0 saturated heterocycles. The maximum atomic E-state index is 5.63. The Bertz CT molecular complexity index is 53.2. The fraction of sp³-hybridized carbons (Fsp3) is 1.00. The lowest BCUT2D eigenvalue weighted by atomic mass is 10.1. The van der Waals surface area contributed by atoms with Crippen molar-refractivity contribution in [2.75, 3.05) is 0 Å². The molecule has 2 N–H and O–H groups in total. The van der Waals surface area contributed by atoms with Crippen molar-refractivity contribution in [2.45, 2.75) is 32.2 Å². The second kappa shape index (κ2) is 1.83. The lowest BCUT2D eigenvalue weighted by Crippen LogP contribution is -2.14. The third-order valence-electron chi connectivity index (χ3n) is 1.74. The van der Waals surface area contributed by atoms with E-state index >= 15 is 0 Å². The van der Waals surface area contributed by atoms with E-state index in [9.17, 15) is 0 Å². The van der Waals surface area contributed by atoms with Gasteiger partial charge in [0.25, 0.3) is 0 Å². The molecule has 0 aromatic rings. The standard InChI is InChI=1S/C6H13N/c1-5-2-3-6(7)4-5/h5-6H,2-4,7H2,1H3/t5-,6?/m1/s1. The van der Waals surface area contributed by atoms with Crippen LogP contribution in [0.1, 0.15) is 26.2 Å². The minimum absolute atomic E-state index is 0.523. The summed E-state index contributed by atoms with van der Waals surface area (Å²) in [7, 11) is 0. The Balaban J connectivity index is 2.26. The quantitative estimate of drug-likeness (QED) is 0.484. The zero-order chi connectivity index (χ0) is 5.28. The first-order valence-corrected chi connectivity index (χ1v) is 3.04. The van der Waals surface area contributed by atoms with Crippen molar-refractivity contribution < 1.29 is 0 Å². The van der Waals surface area contributed by atoms with Gasteiger partial charge >= 0.3 is 0 Å². The Hall–Kier alpha value is -0.0400. The van der Waals surface area contributed by atoms with Crippen LogP contribution in [-0.4, -0.2) is 6.04 Å². The number of nitrogens with two attached hydrogens (primary N) is 1. The van der Waals surface area contributed by atoms with Crippen LogP contribution in [-0.2, 0) is 0 Å². The van der Waals surface area contributed by atoms with Gasteiger partial charge in [0.2, 0.25) is 0 Å². The van der Waals surface area contributed by atoms with Crippen LogP contribution in [0.5, 0.6) is 0 Å². The molecule has 1 heteroatoms. The predicted molar refractivity (Wildman–Crippen MR) is 31.0 cm³/mol. The SMILES string of the molecule is C[C@@H]1CCC(N)C1. The largest absolute Gasteiger partial charge is 0.328 e. The first-order valence-electron chi connectivity index (χ1n) is 3.04. The van der Waals surface area contributed by atoms with Gasteiger partial charge in [-0.25, -0.2) is 0 Å². The maximum Gasteiger partial charge on any atom is 0.00414 e. The fourth-order valence-electron chi connectivity index (χ4n) is 1.25. The number of hydrogen-bond donors (Lipinski definition) is 1. The molecule has 0 aromatic heterocycles. The minimum atomic E-state index is 0.523. The third-order valence-corrected chi connectivity index (χ3v) is 1.74. The molecular weight excluding hydrogens is 86.1 g/mol. The Morgan fingerprint density at radius 3 is 2.29 bits per heavy atom. The smallest absolute Gasteiger partial charge is 0.00414 e. The highest BCUT2D eigenvalue weighted by atomic mass is 14.6. The highest BCUT2D eigenvalue weighted by Crippen LogP contribution is 2.22. The first kappa shape index (κ1) is 5.10. The summed E-state index contributed by atoms with van der Waals surface area (Å²) in [4.78, 5) is 0. The highest BCUT2D eigenvalue weighted by molar-refractivity contribution is 4.73. The summed E-state index contributed by atoms with van der Waals surface area (Å²) in [5.74, 6) is 0.898. The van der Waals surface area contributed by atoms with Crippen molar-refractivity contribution >= 4 is 0 Å². The molecule has 1 unspecified atom stereocenters. The van der Waals surface area contributed by atoms with Crippen molar-refractivity contribution in [3.05, 3.63) is 0 Å². The summed E-state index contributed by atoms with van der Waals surface area (Å²) in [6.07, 6.45) is 3.85. The van der Waals surface area contributed by atoms with E-state index in [4.69, 9.17) is 5.73 Å². The molecule has 1 aliphatic rings. The van der Waals surface area contributed by atoms with Crippen LogP contribution in [0.2, 0.25) is 0 Å². The van der Waals surface area contributed by atoms with E-state index in [1.807, 2.05) is 0 Å². The summed E-state index contributed by atoms with van der Waals surface area (Å²) in [5.41, 5.74) is 5.63. The normalized spacial score (nSPS) is 42.0. The Morgan fingerprint density at radius 1 is 1.43 bits per heavy atom. The maximum absolute atomic E-state index is 5.63. The molecule has 0 bridgehead atoms. The molecule has 2 atom stereocenters. The van der Waals surface area contributed by atoms with Gasteiger partial charge in [-0.1, -0.05) is 6.92 Å². The van der Waals surface area contributed by atoms with Crippen molar-refractivity contribution in [2.24, 2.45) is 11.7 Å². The zero-order valence-electron chi connectivity index (χ0n) is 4.85. The Labute approximate surface area is 44.9 Å². The lowest BCUT2D eigenvalue weighted by Gasteiger charge is -1.97. The number of hydrogen-bond acceptors (Lipinski definition) is 1. The summed E-state index contributed by atoms with van der Waals surface area (Å²) < 4.78 is 0. The molecule has 1 aliphatic carbocycles. The average Bonchev–Trinajstić information content (AvgIpc) is 1.87. The van der Waals surface area contributed by atoms with Gasteiger partial charge in [-0.2, -0.15) is 0 Å². The predicted octanol–water partition coefficient (Wildman–Crippen LogP) is 1.13. The van der Waals surface area contributed by atoms with E-state index in [1.165, 1.54) is 19.3 Å². The average molecular weight is 99.2 g/mol. The fourth-order valence-corrected chi connectivity index (χ4v) is 1.25. The first-order chi connectivity index (χ1) is 3.29. The molecule has 1 rings (SSSR count). The highest BCUT2D eigenvalue weighted by Gasteiger charge is 2.16. The Morgan fingerprint density at radius 2 is 2.14 bits per heavy atom. The van der Waals surface area contributed by atoms with Gasteiger partial charge in [-0.3, -0.25) is 0 Å². The van der Waals surface area contributed by atoms with Gasteiger partial charge in [0.1, 0.15) is 0 Å². The summed E-state index contributed by atoms with van der Waals surface area (Å²) in [6.45, 7) is 2.27. The summed E-state index contributed by atoms with van der Waals surface area (Å²) >= 11 is 0. The van der Waals surface area contributed by atoms with E-state index in [0.717, 1.165) is 5.92 Å². The molecule has 1 saturated carbocycles. The van der Waals surface area contributed by atoms with E-state index in [0.29, 0.717) is 6.04 Å². The number of rotatable bonds is 0. The van der Waals surface area contributed by atoms with Gasteiger partial charge in [0.05, 0.1) is 0 Å². The second-order valence-electron chi connectivity index (χ2n) is 2.68. The van der Waals surface area contributed by atoms with E-state index < -0.39 is 0 Å². The summed E-state index contributed by atoms with van der Waals surface area (Å²) in [6, 6.07) is 0.523. The molecule has 0 aliphatic heterocycles. The molecule has 0 aromatic carbocycles. The van der Waals surface area contributed by atoms with Crippen LogP contribution in [0.3, 0.4) is 0 Å². The van der Waals surface area contributed by atoms with Crippen molar-refractivity contribution in [3.8, 4) is 0 Å². The molecule has 42 valence electrons. The molecule has 0 amide bonds. The lowest BCUT2D eigenvalue weighted by molar-refractivity contribution is 0.594. The Kier molecular flexibility index (Phi) is 1.33. The van der Waals surface area contributed by atoms with Crippen LogP contribution in [0.25, 0.3) is 0 Å². The molecule has 0 heterocycles. The van der Waals surface area contributed by atoms with E-state index in [-0.39, 0.29) is 0 Å². The molecule has 0 spiro atoms. The van der Waals surface area contributed by atoms with Gasteiger partial charge in [0.15, 0.2) is 0 Å². The molecular formula is C6H13N. The van der Waals surface area contributed by atoms with Gasteiger partial charge in [-0.05, 0) is 25.2 Å². The third kappa shape index (κ3) is 1.16. The summed E-state index contributed by atoms with van der Waals surface area (Å²) in [5, 5.41) is 0. The van der Waals surface area contributed by atoms with Crippen LogP contribution in [0, 0.1) is 5.92 Å². The molecule has 1 fully saturated rings. The van der Waals surface area contributed by atoms with Gasteiger partial charge < -0.3 is 5.73 Å². The van der Waals surface area contributed by atoms with E-state index in [2.05, 4.69) is 6.92 Å². The van der Waals surface area contributed by atoms with Crippen molar-refractivity contribution in [1.82, 2.24) is 0 Å². The van der Waals surface area contributed by atoms with Crippen LogP contribution in [0.15, 0.2) is 0 Å². The second-order valence-corrected chi connectivity index (χ2v) is 2.68. The molecule has 0 radical (unpaired) electrons. The monoisotopic (exact) mass is 99.1 g/mol. The van der Waals surface area contributed by atoms with Crippen LogP contribution >= 0.6 is 0 Å². The van der Waals surface area contributed by atoms with Crippen molar-refractivity contribution in [3.63, 3.8) is 0 Å². The molecule has 1 nitrogen and oxygen atoms in total. The van der Waals surface area contributed by atoms with Crippen LogP contribution in [0.4, 0.5) is 0 Å². The zero-order valence-corrected chi connectivity index (χ0v) is 4.85. The van der Waals surface area contributed by atoms with Gasteiger partial charge in [-0.15, -0.1) is 0 Å². The minimum Gasteiger partial charge on any atom is -0.328 e. The molecule has 7 heavy (non-hydrogen) atoms. The topological polar surface area (TPSA) is 26.0 Å². The van der Waals surface area contributed by atoms with Gasteiger partial charge in [0, 0.05) is 6.04 Å². The van der Waals surface area contributed by atoms with Crippen LogP contribution < -0.4 is 5.73 Å². The van der Waals surface area contributed by atoms with E-state index in [1.54, 1.807) is 0 Å². The van der Waals surface area contributed by atoms with Crippen molar-refractivity contribution in [1.29, 1.82) is 0 Å².